The summed E-state index contributed by atoms with van der Waals surface area (Å²) in [7, 11) is 1.58. The lowest BCUT2D eigenvalue weighted by Crippen LogP contribution is -2.30. The minimum Gasteiger partial charge on any atom is -0.373 e. The number of ether oxygens (including phenoxy) is 1. The van der Waals surface area contributed by atoms with Gasteiger partial charge in [0.15, 0.2) is 0 Å². The van der Waals surface area contributed by atoms with Gasteiger partial charge in [0, 0.05) is 12.7 Å². The first-order valence-corrected chi connectivity index (χ1v) is 7.57. The monoisotopic (exact) mass is 314 g/mol. The molecule has 0 amide bonds. The van der Waals surface area contributed by atoms with Crippen molar-refractivity contribution in [2.45, 2.75) is 57.2 Å². The standard InChI is InChI=1S/C17H21F3O2/c1-12-9-14(17(18,19)20)10-13(11-21)15(12)16(22-2)7-5-3-4-6-8-16/h9-11H,3-8H2,1-2H3. The number of hydrogen-bond donors (Lipinski definition) is 0. The van der Waals surface area contributed by atoms with E-state index in [4.69, 9.17) is 4.74 Å². The predicted molar refractivity (Wildman–Crippen MR) is 78.0 cm³/mol. The van der Waals surface area contributed by atoms with E-state index < -0.39 is 17.3 Å². The number of aldehydes is 1. The van der Waals surface area contributed by atoms with Gasteiger partial charge in [0.2, 0.25) is 0 Å². The van der Waals surface area contributed by atoms with E-state index in [0.717, 1.165) is 50.7 Å². The second-order valence-corrected chi connectivity index (χ2v) is 5.99. The van der Waals surface area contributed by atoms with Gasteiger partial charge < -0.3 is 4.74 Å². The Morgan fingerprint density at radius 2 is 1.73 bits per heavy atom. The summed E-state index contributed by atoms with van der Waals surface area (Å²) in [4.78, 5) is 11.4. The van der Waals surface area contributed by atoms with Gasteiger partial charge in [0.05, 0.1) is 11.2 Å². The molecule has 0 spiro atoms. The van der Waals surface area contributed by atoms with Gasteiger partial charge in [-0.05, 0) is 43.0 Å². The molecule has 0 saturated heterocycles. The Morgan fingerprint density at radius 3 is 2.18 bits per heavy atom. The van der Waals surface area contributed by atoms with Crippen LogP contribution in [0.15, 0.2) is 12.1 Å². The van der Waals surface area contributed by atoms with Crippen LogP contribution >= 0.6 is 0 Å². The molecule has 0 radical (unpaired) electrons. The molecule has 2 nitrogen and oxygen atoms in total. The lowest BCUT2D eigenvalue weighted by Gasteiger charge is -2.35. The molecule has 0 aliphatic heterocycles. The Kier molecular flexibility index (Phi) is 4.95. The Bertz CT molecular complexity index is 542. The summed E-state index contributed by atoms with van der Waals surface area (Å²) in [5.74, 6) is 0. The van der Waals surface area contributed by atoms with E-state index in [1.54, 1.807) is 14.0 Å². The fraction of sp³-hybridized carbons (Fsp3) is 0.588. The summed E-state index contributed by atoms with van der Waals surface area (Å²) in [5, 5.41) is 0. The third-order valence-corrected chi connectivity index (χ3v) is 4.58. The average Bonchev–Trinajstić information content (AvgIpc) is 2.71. The fourth-order valence-corrected chi connectivity index (χ4v) is 3.55. The van der Waals surface area contributed by atoms with Crippen LogP contribution in [-0.2, 0) is 16.5 Å². The van der Waals surface area contributed by atoms with E-state index in [0.29, 0.717) is 17.4 Å². The van der Waals surface area contributed by atoms with Crippen molar-refractivity contribution < 1.29 is 22.7 Å². The molecular formula is C17H21F3O2. The first-order valence-electron chi connectivity index (χ1n) is 7.57. The van der Waals surface area contributed by atoms with Crippen LogP contribution in [0.25, 0.3) is 0 Å². The van der Waals surface area contributed by atoms with Crippen molar-refractivity contribution in [3.8, 4) is 0 Å². The highest BCUT2D eigenvalue weighted by Gasteiger charge is 2.38. The van der Waals surface area contributed by atoms with Gasteiger partial charge in [0.25, 0.3) is 0 Å². The number of carbonyl (C=O) groups is 1. The zero-order valence-corrected chi connectivity index (χ0v) is 12.9. The molecule has 0 atom stereocenters. The molecule has 0 bridgehead atoms. The summed E-state index contributed by atoms with van der Waals surface area (Å²) in [6.07, 6.45) is 1.60. The van der Waals surface area contributed by atoms with Gasteiger partial charge in [-0.3, -0.25) is 4.79 Å². The smallest absolute Gasteiger partial charge is 0.373 e. The number of alkyl halides is 3. The van der Waals surface area contributed by atoms with Crippen LogP contribution in [0, 0.1) is 6.92 Å². The minimum absolute atomic E-state index is 0.0936. The summed E-state index contributed by atoms with van der Waals surface area (Å²) >= 11 is 0. The lowest BCUT2D eigenvalue weighted by atomic mass is 9.80. The second kappa shape index (κ2) is 6.41. The SMILES string of the molecule is COC1(c2c(C)cc(C(F)(F)F)cc2C=O)CCCCCC1. The van der Waals surface area contributed by atoms with E-state index in [1.807, 2.05) is 0 Å². The van der Waals surface area contributed by atoms with Crippen molar-refractivity contribution in [2.24, 2.45) is 0 Å². The quantitative estimate of drug-likeness (QED) is 0.578. The Hall–Kier alpha value is -1.36. The molecule has 1 saturated carbocycles. The average molecular weight is 314 g/mol. The highest BCUT2D eigenvalue weighted by atomic mass is 19.4. The number of rotatable bonds is 3. The predicted octanol–water partition coefficient (Wildman–Crippen LogP) is 5.02. The van der Waals surface area contributed by atoms with Gasteiger partial charge in [-0.2, -0.15) is 13.2 Å². The molecule has 0 N–H and O–H groups in total. The fourth-order valence-electron chi connectivity index (χ4n) is 3.55. The highest BCUT2D eigenvalue weighted by molar-refractivity contribution is 5.79. The van der Waals surface area contributed by atoms with E-state index in [2.05, 4.69) is 0 Å². The molecule has 0 aromatic heterocycles. The van der Waals surface area contributed by atoms with Gasteiger partial charge in [0.1, 0.15) is 6.29 Å². The number of aryl methyl sites for hydroxylation is 1. The van der Waals surface area contributed by atoms with Gasteiger partial charge in [-0.15, -0.1) is 0 Å². The van der Waals surface area contributed by atoms with Gasteiger partial charge in [-0.25, -0.2) is 0 Å². The van der Waals surface area contributed by atoms with Crippen LogP contribution in [0.3, 0.4) is 0 Å². The highest BCUT2D eigenvalue weighted by Crippen LogP contribution is 2.43. The molecule has 1 aromatic carbocycles. The van der Waals surface area contributed by atoms with Gasteiger partial charge in [-0.1, -0.05) is 25.7 Å². The number of methoxy groups -OCH3 is 1. The maximum atomic E-state index is 13.0. The molecule has 0 heterocycles. The molecule has 1 fully saturated rings. The van der Waals surface area contributed by atoms with Crippen LogP contribution in [0.4, 0.5) is 13.2 Å². The third kappa shape index (κ3) is 3.19. The summed E-state index contributed by atoms with van der Waals surface area (Å²) in [6.45, 7) is 1.63. The van der Waals surface area contributed by atoms with Crippen LogP contribution in [0.1, 0.15) is 65.6 Å². The summed E-state index contributed by atoms with van der Waals surface area (Å²) in [5.41, 5.74) is -0.242. The zero-order chi connectivity index (χ0) is 16.4. The van der Waals surface area contributed by atoms with E-state index in [-0.39, 0.29) is 5.56 Å². The van der Waals surface area contributed by atoms with Crippen LogP contribution in [0.5, 0.6) is 0 Å². The molecule has 1 aromatic rings. The topological polar surface area (TPSA) is 26.3 Å². The van der Waals surface area contributed by atoms with Gasteiger partial charge >= 0.3 is 6.18 Å². The van der Waals surface area contributed by atoms with Crippen molar-refractivity contribution >= 4 is 6.29 Å². The second-order valence-electron chi connectivity index (χ2n) is 5.99. The number of halogens is 3. The van der Waals surface area contributed by atoms with Crippen molar-refractivity contribution in [1.29, 1.82) is 0 Å². The molecule has 1 aliphatic rings. The van der Waals surface area contributed by atoms with Crippen LogP contribution in [0.2, 0.25) is 0 Å². The van der Waals surface area contributed by atoms with Crippen molar-refractivity contribution in [3.05, 3.63) is 34.4 Å². The number of benzene rings is 1. The van der Waals surface area contributed by atoms with E-state index in [9.17, 15) is 18.0 Å². The Morgan fingerprint density at radius 1 is 1.14 bits per heavy atom. The maximum Gasteiger partial charge on any atom is 0.416 e. The molecule has 22 heavy (non-hydrogen) atoms. The molecule has 2 rings (SSSR count). The molecule has 122 valence electrons. The Balaban J connectivity index is 2.60. The first kappa shape index (κ1) is 17.0. The maximum absolute atomic E-state index is 13.0. The number of carbonyl (C=O) groups excluding carboxylic acids is 1. The lowest BCUT2D eigenvalue weighted by molar-refractivity contribution is -0.137. The van der Waals surface area contributed by atoms with Crippen molar-refractivity contribution in [2.75, 3.05) is 7.11 Å². The first-order chi connectivity index (χ1) is 10.3. The zero-order valence-electron chi connectivity index (χ0n) is 12.9. The van der Waals surface area contributed by atoms with E-state index >= 15 is 0 Å². The number of hydrogen-bond acceptors (Lipinski definition) is 2. The normalized spacial score (nSPS) is 18.8. The largest absolute Gasteiger partial charge is 0.416 e. The minimum atomic E-state index is -4.45. The van der Waals surface area contributed by atoms with E-state index in [1.165, 1.54) is 0 Å². The summed E-state index contributed by atoms with van der Waals surface area (Å²) in [6, 6.07) is 2.06. The summed E-state index contributed by atoms with van der Waals surface area (Å²) < 4.78 is 44.6. The molecule has 0 unspecified atom stereocenters. The van der Waals surface area contributed by atoms with Crippen molar-refractivity contribution in [3.63, 3.8) is 0 Å². The van der Waals surface area contributed by atoms with Crippen LogP contribution in [-0.4, -0.2) is 13.4 Å². The molecule has 1 aliphatic carbocycles. The third-order valence-electron chi connectivity index (χ3n) is 4.58. The Labute approximate surface area is 128 Å². The van der Waals surface area contributed by atoms with Crippen molar-refractivity contribution in [1.82, 2.24) is 0 Å². The molecular weight excluding hydrogens is 293 g/mol. The molecule has 5 heteroatoms. The van der Waals surface area contributed by atoms with Crippen LogP contribution < -0.4 is 0 Å².